The van der Waals surface area contributed by atoms with Gasteiger partial charge in [-0.05, 0) is 38.9 Å². The molecule has 2 N–H and O–H groups in total. The summed E-state index contributed by atoms with van der Waals surface area (Å²) >= 11 is 5.29. The molecular weight excluding hydrogens is 258 g/mol. The summed E-state index contributed by atoms with van der Waals surface area (Å²) in [4.78, 5) is 0. The van der Waals surface area contributed by atoms with Crippen LogP contribution in [0.2, 0.25) is 0 Å². The molecule has 2 rings (SSSR count). The third kappa shape index (κ3) is 3.27. The first-order valence-corrected chi connectivity index (χ1v) is 7.10. The number of furan rings is 1. The molecule has 1 aromatic heterocycles. The first-order valence-electron chi connectivity index (χ1n) is 6.69. The van der Waals surface area contributed by atoms with Crippen LogP contribution in [0.1, 0.15) is 49.0 Å². The number of nitriles is 1. The predicted molar refractivity (Wildman–Crippen MR) is 79.1 cm³/mol. The van der Waals surface area contributed by atoms with Gasteiger partial charge in [0.1, 0.15) is 17.4 Å². The smallest absolute Gasteiger partial charge is 0.217 e. The SMILES string of the molecule is Cc1oc(NC(=S)NC2CCCCC2)c(C#N)c1C. The lowest BCUT2D eigenvalue weighted by atomic mass is 9.96. The molecule has 0 bridgehead atoms. The van der Waals surface area contributed by atoms with Gasteiger partial charge in [0.25, 0.3) is 0 Å². The van der Waals surface area contributed by atoms with Crippen LogP contribution < -0.4 is 10.6 Å². The Morgan fingerprint density at radius 3 is 2.63 bits per heavy atom. The van der Waals surface area contributed by atoms with Crippen molar-refractivity contribution in [1.82, 2.24) is 5.32 Å². The van der Waals surface area contributed by atoms with Crippen LogP contribution in [-0.4, -0.2) is 11.2 Å². The average molecular weight is 277 g/mol. The second kappa shape index (κ2) is 6.07. The van der Waals surface area contributed by atoms with Gasteiger partial charge in [-0.3, -0.25) is 0 Å². The minimum atomic E-state index is 0.441. The van der Waals surface area contributed by atoms with E-state index >= 15 is 0 Å². The molecule has 102 valence electrons. The van der Waals surface area contributed by atoms with E-state index in [9.17, 15) is 0 Å². The molecule has 0 aromatic carbocycles. The fourth-order valence-electron chi connectivity index (χ4n) is 2.42. The third-order valence-corrected chi connectivity index (χ3v) is 3.88. The number of rotatable bonds is 2. The van der Waals surface area contributed by atoms with Crippen LogP contribution in [0.3, 0.4) is 0 Å². The standard InChI is InChI=1S/C14H19N3OS/c1-9-10(2)18-13(12(9)8-15)17-14(19)16-11-6-4-3-5-7-11/h11H,3-7H2,1-2H3,(H2,16,17,19). The summed E-state index contributed by atoms with van der Waals surface area (Å²) in [5.41, 5.74) is 1.40. The summed E-state index contributed by atoms with van der Waals surface area (Å²) < 4.78 is 5.54. The Balaban J connectivity index is 1.99. The number of anilines is 1. The zero-order valence-electron chi connectivity index (χ0n) is 11.4. The summed E-state index contributed by atoms with van der Waals surface area (Å²) in [5.74, 6) is 1.20. The van der Waals surface area contributed by atoms with Gasteiger partial charge >= 0.3 is 0 Å². The first-order chi connectivity index (χ1) is 9.11. The summed E-state index contributed by atoms with van der Waals surface area (Å²) in [5, 5.41) is 16.0. The average Bonchev–Trinajstić information content (AvgIpc) is 2.65. The van der Waals surface area contributed by atoms with Crippen molar-refractivity contribution in [2.75, 3.05) is 5.32 Å². The zero-order chi connectivity index (χ0) is 13.8. The normalized spacial score (nSPS) is 15.8. The van der Waals surface area contributed by atoms with Crippen molar-refractivity contribution in [3.8, 4) is 6.07 Å². The van der Waals surface area contributed by atoms with Crippen LogP contribution in [0, 0.1) is 25.2 Å². The van der Waals surface area contributed by atoms with Crippen molar-refractivity contribution in [2.45, 2.75) is 52.0 Å². The molecule has 0 aliphatic heterocycles. The second-order valence-corrected chi connectivity index (χ2v) is 5.44. The number of nitrogens with one attached hydrogen (secondary N) is 2. The van der Waals surface area contributed by atoms with Gasteiger partial charge in [-0.2, -0.15) is 5.26 Å². The highest BCUT2D eigenvalue weighted by molar-refractivity contribution is 7.80. The predicted octanol–water partition coefficient (Wildman–Crippen LogP) is 3.39. The fourth-order valence-corrected chi connectivity index (χ4v) is 2.68. The first kappa shape index (κ1) is 13.9. The van der Waals surface area contributed by atoms with Gasteiger partial charge in [0.15, 0.2) is 5.11 Å². The van der Waals surface area contributed by atoms with Crippen molar-refractivity contribution < 1.29 is 4.42 Å². The number of aryl methyl sites for hydroxylation is 1. The van der Waals surface area contributed by atoms with Crippen LogP contribution in [0.25, 0.3) is 0 Å². The molecule has 1 aromatic rings. The van der Waals surface area contributed by atoms with Gasteiger partial charge in [-0.25, -0.2) is 0 Å². The van der Waals surface area contributed by atoms with E-state index in [0.717, 1.165) is 24.2 Å². The van der Waals surface area contributed by atoms with Crippen molar-refractivity contribution in [3.05, 3.63) is 16.9 Å². The van der Waals surface area contributed by atoms with E-state index in [1.54, 1.807) is 0 Å². The van der Waals surface area contributed by atoms with Gasteiger partial charge in [0, 0.05) is 11.6 Å². The summed E-state index contributed by atoms with van der Waals surface area (Å²) in [6.45, 7) is 3.72. The van der Waals surface area contributed by atoms with E-state index in [1.165, 1.54) is 19.3 Å². The molecule has 1 fully saturated rings. The van der Waals surface area contributed by atoms with Gasteiger partial charge in [0.05, 0.1) is 0 Å². The molecule has 1 aliphatic rings. The topological polar surface area (TPSA) is 61.0 Å². The van der Waals surface area contributed by atoms with Crippen molar-refractivity contribution in [2.24, 2.45) is 0 Å². The maximum Gasteiger partial charge on any atom is 0.217 e. The Bertz CT molecular complexity index is 509. The van der Waals surface area contributed by atoms with Gasteiger partial charge < -0.3 is 15.1 Å². The van der Waals surface area contributed by atoms with Crippen LogP contribution in [0.15, 0.2) is 4.42 Å². The van der Waals surface area contributed by atoms with E-state index < -0.39 is 0 Å². The van der Waals surface area contributed by atoms with Crippen LogP contribution in [0.4, 0.5) is 5.88 Å². The molecule has 0 radical (unpaired) electrons. The molecule has 0 atom stereocenters. The van der Waals surface area contributed by atoms with Crippen LogP contribution >= 0.6 is 12.2 Å². The van der Waals surface area contributed by atoms with Crippen molar-refractivity contribution in [1.29, 1.82) is 5.26 Å². The molecule has 1 saturated carbocycles. The summed E-state index contributed by atoms with van der Waals surface area (Å²) in [7, 11) is 0. The molecule has 0 spiro atoms. The largest absolute Gasteiger partial charge is 0.444 e. The minimum absolute atomic E-state index is 0.441. The molecule has 0 amide bonds. The van der Waals surface area contributed by atoms with E-state index in [2.05, 4.69) is 16.7 Å². The van der Waals surface area contributed by atoms with E-state index in [4.69, 9.17) is 21.9 Å². The Kier molecular flexibility index (Phi) is 4.43. The lowest BCUT2D eigenvalue weighted by Gasteiger charge is -2.24. The second-order valence-electron chi connectivity index (χ2n) is 5.03. The Labute approximate surface area is 119 Å². The number of hydrogen-bond donors (Lipinski definition) is 2. The van der Waals surface area contributed by atoms with E-state index in [-0.39, 0.29) is 0 Å². The van der Waals surface area contributed by atoms with Gasteiger partial charge in [-0.15, -0.1) is 0 Å². The minimum Gasteiger partial charge on any atom is -0.444 e. The summed E-state index contributed by atoms with van der Waals surface area (Å²) in [6, 6.07) is 2.59. The highest BCUT2D eigenvalue weighted by Crippen LogP contribution is 2.25. The quantitative estimate of drug-likeness (QED) is 0.811. The fraction of sp³-hybridized carbons (Fsp3) is 0.571. The van der Waals surface area contributed by atoms with Crippen LogP contribution in [-0.2, 0) is 0 Å². The Morgan fingerprint density at radius 2 is 2.00 bits per heavy atom. The van der Waals surface area contributed by atoms with E-state index in [1.807, 2.05) is 13.8 Å². The molecular formula is C14H19N3OS. The number of thiocarbonyl (C=S) groups is 1. The van der Waals surface area contributed by atoms with Gasteiger partial charge in [0.2, 0.25) is 5.88 Å². The zero-order valence-corrected chi connectivity index (χ0v) is 12.2. The Morgan fingerprint density at radius 1 is 1.32 bits per heavy atom. The van der Waals surface area contributed by atoms with Crippen LogP contribution in [0.5, 0.6) is 0 Å². The highest BCUT2D eigenvalue weighted by atomic mass is 32.1. The molecule has 1 heterocycles. The molecule has 0 unspecified atom stereocenters. The molecule has 0 saturated heterocycles. The Hall–Kier alpha value is -1.54. The highest BCUT2D eigenvalue weighted by Gasteiger charge is 2.18. The third-order valence-electron chi connectivity index (χ3n) is 3.66. The van der Waals surface area contributed by atoms with Gasteiger partial charge in [-0.1, -0.05) is 19.3 Å². The number of nitrogens with zero attached hydrogens (tertiary/aromatic N) is 1. The number of hydrogen-bond acceptors (Lipinski definition) is 3. The van der Waals surface area contributed by atoms with E-state index in [0.29, 0.717) is 22.6 Å². The molecule has 4 nitrogen and oxygen atoms in total. The molecule has 19 heavy (non-hydrogen) atoms. The maximum absolute atomic E-state index is 9.13. The van der Waals surface area contributed by atoms with Crippen molar-refractivity contribution in [3.63, 3.8) is 0 Å². The monoisotopic (exact) mass is 277 g/mol. The summed E-state index contributed by atoms with van der Waals surface area (Å²) in [6.07, 6.45) is 6.13. The lowest BCUT2D eigenvalue weighted by molar-refractivity contribution is 0.414. The maximum atomic E-state index is 9.13. The molecule has 1 aliphatic carbocycles. The lowest BCUT2D eigenvalue weighted by Crippen LogP contribution is -2.38. The van der Waals surface area contributed by atoms with Crippen molar-refractivity contribution >= 4 is 23.2 Å². The molecule has 5 heteroatoms.